The molecule has 0 saturated heterocycles. The van der Waals surface area contributed by atoms with Gasteiger partial charge >= 0.3 is 0 Å². The van der Waals surface area contributed by atoms with Gasteiger partial charge in [-0.05, 0) is 0 Å². The minimum atomic E-state index is -1.92. The van der Waals surface area contributed by atoms with Crippen LogP contribution in [-0.2, 0) is 9.73 Å². The molecule has 2 N–H and O–H groups in total. The third-order valence-corrected chi connectivity index (χ3v) is 2.65. The third-order valence-electron chi connectivity index (χ3n) is 0.883. The molecule has 0 rings (SSSR count). The van der Waals surface area contributed by atoms with Gasteiger partial charge in [-0.1, -0.05) is 0 Å². The molecule has 50 valence electrons. The highest BCUT2D eigenvalue weighted by molar-refractivity contribution is 7.92. The van der Waals surface area contributed by atoms with Crippen LogP contribution in [0.5, 0.6) is 0 Å². The quantitative estimate of drug-likeness (QED) is 0.565. The van der Waals surface area contributed by atoms with E-state index in [0.29, 0.717) is 12.3 Å². The Kier molecular flexibility index (Phi) is 3.01. The molecule has 0 aliphatic carbocycles. The van der Waals surface area contributed by atoms with Crippen LogP contribution in [0.25, 0.3) is 0 Å². The average Bonchev–Trinajstić information content (AvgIpc) is 1.67. The summed E-state index contributed by atoms with van der Waals surface area (Å²) in [6.45, 7) is 0.451. The first-order chi connectivity index (χ1) is 3.62. The lowest BCUT2D eigenvalue weighted by Crippen LogP contribution is -2.13. The maximum Gasteiger partial charge on any atom is 0.0448 e. The maximum absolute atomic E-state index is 10.9. The van der Waals surface area contributed by atoms with E-state index >= 15 is 0 Å². The lowest BCUT2D eigenvalue weighted by Gasteiger charge is -1.96. The van der Waals surface area contributed by atoms with E-state index in [2.05, 4.69) is 4.36 Å². The Morgan fingerprint density at radius 2 is 2.25 bits per heavy atom. The van der Waals surface area contributed by atoms with E-state index < -0.39 is 9.73 Å². The van der Waals surface area contributed by atoms with Gasteiger partial charge in [0.15, 0.2) is 0 Å². The van der Waals surface area contributed by atoms with Crippen LogP contribution in [0.1, 0.15) is 0 Å². The van der Waals surface area contributed by atoms with Gasteiger partial charge in [0.1, 0.15) is 0 Å². The zero-order valence-corrected chi connectivity index (χ0v) is 6.07. The van der Waals surface area contributed by atoms with E-state index in [4.69, 9.17) is 5.73 Å². The van der Waals surface area contributed by atoms with Gasteiger partial charge in [-0.25, -0.2) is 4.36 Å². The van der Waals surface area contributed by atoms with Crippen molar-refractivity contribution in [1.82, 2.24) is 0 Å². The van der Waals surface area contributed by atoms with Crippen LogP contribution in [0.2, 0.25) is 0 Å². The molecule has 0 aromatic heterocycles. The molecule has 4 heteroatoms. The van der Waals surface area contributed by atoms with Gasteiger partial charge in [-0.15, -0.1) is 0 Å². The Morgan fingerprint density at radius 1 is 1.75 bits per heavy atom. The summed E-state index contributed by atoms with van der Waals surface area (Å²) in [5, 5.41) is 0. The van der Waals surface area contributed by atoms with Crippen LogP contribution in [-0.4, -0.2) is 29.8 Å². The van der Waals surface area contributed by atoms with Crippen LogP contribution < -0.4 is 5.73 Å². The first-order valence-corrected chi connectivity index (χ1v) is 4.49. The molecule has 0 aromatic carbocycles. The highest BCUT2D eigenvalue weighted by atomic mass is 32.2. The number of rotatable bonds is 2. The molecule has 3 nitrogen and oxygen atoms in total. The molecule has 1 atom stereocenters. The third kappa shape index (κ3) is 2.98. The molecular formula is C4H12N2OS. The van der Waals surface area contributed by atoms with E-state index in [1.807, 2.05) is 0 Å². The van der Waals surface area contributed by atoms with Gasteiger partial charge < -0.3 is 5.73 Å². The van der Waals surface area contributed by atoms with Crippen LogP contribution in [0, 0.1) is 0 Å². The Bertz CT molecular complexity index is 157. The first kappa shape index (κ1) is 7.91. The van der Waals surface area contributed by atoms with Crippen molar-refractivity contribution in [2.24, 2.45) is 10.1 Å². The molecule has 0 radical (unpaired) electrons. The summed E-state index contributed by atoms with van der Waals surface area (Å²) in [7, 11) is -0.366. The first-order valence-electron chi connectivity index (χ1n) is 2.40. The molecular weight excluding hydrogens is 124 g/mol. The molecule has 0 aliphatic rings. The molecule has 8 heavy (non-hydrogen) atoms. The predicted molar refractivity (Wildman–Crippen MR) is 36.3 cm³/mol. The van der Waals surface area contributed by atoms with Crippen LogP contribution in [0.3, 0.4) is 0 Å². The highest BCUT2D eigenvalue weighted by Gasteiger charge is 1.93. The van der Waals surface area contributed by atoms with Gasteiger partial charge in [0, 0.05) is 35.3 Å². The van der Waals surface area contributed by atoms with Gasteiger partial charge in [0.2, 0.25) is 0 Å². The van der Waals surface area contributed by atoms with Gasteiger partial charge in [0.25, 0.3) is 0 Å². The fourth-order valence-electron chi connectivity index (χ4n) is 0.310. The maximum atomic E-state index is 10.9. The molecule has 0 saturated carbocycles. The number of nitrogens with two attached hydrogens (primary N) is 1. The van der Waals surface area contributed by atoms with Gasteiger partial charge in [0.05, 0.1) is 0 Å². The topological polar surface area (TPSA) is 55.5 Å². The smallest absolute Gasteiger partial charge is 0.0448 e. The Hall–Kier alpha value is -0.0900. The summed E-state index contributed by atoms with van der Waals surface area (Å²) in [4.78, 5) is 0. The van der Waals surface area contributed by atoms with Crippen molar-refractivity contribution in [2.45, 2.75) is 0 Å². The summed E-state index contributed by atoms with van der Waals surface area (Å²) in [5.41, 5.74) is 5.15. The predicted octanol–water partition coefficient (Wildman–Crippen LogP) is -0.327. The summed E-state index contributed by atoms with van der Waals surface area (Å²) in [5.74, 6) is 0.503. The summed E-state index contributed by atoms with van der Waals surface area (Å²) >= 11 is 0. The molecule has 0 bridgehead atoms. The average molecular weight is 136 g/mol. The standard InChI is InChI=1S/C4H12N2OS/c1-6-8(2,7)4-3-5/h3-5H2,1-2H3/t8-/m1/s1. The normalized spacial score (nSPS) is 17.4. The molecule has 0 amide bonds. The zero-order chi connectivity index (χ0) is 6.62. The highest BCUT2D eigenvalue weighted by Crippen LogP contribution is 1.84. The van der Waals surface area contributed by atoms with E-state index in [1.54, 1.807) is 13.3 Å². The number of hydrogen-bond donors (Lipinski definition) is 1. The van der Waals surface area contributed by atoms with Gasteiger partial charge in [-0.2, -0.15) is 0 Å². The van der Waals surface area contributed by atoms with E-state index in [1.165, 1.54) is 0 Å². The zero-order valence-electron chi connectivity index (χ0n) is 5.26. The minimum Gasteiger partial charge on any atom is -0.330 e. The molecule has 0 unspecified atom stereocenters. The largest absolute Gasteiger partial charge is 0.330 e. The molecule has 0 spiro atoms. The van der Waals surface area contributed by atoms with Crippen LogP contribution >= 0.6 is 0 Å². The van der Waals surface area contributed by atoms with Crippen LogP contribution in [0.15, 0.2) is 4.36 Å². The molecule has 0 heterocycles. The molecule has 0 aromatic rings. The molecule has 0 fully saturated rings. The van der Waals surface area contributed by atoms with Crippen molar-refractivity contribution in [3.05, 3.63) is 0 Å². The summed E-state index contributed by atoms with van der Waals surface area (Å²) in [6.07, 6.45) is 1.61. The van der Waals surface area contributed by atoms with E-state index in [0.717, 1.165) is 0 Å². The van der Waals surface area contributed by atoms with Crippen molar-refractivity contribution < 1.29 is 4.21 Å². The fourth-order valence-corrected chi connectivity index (χ4v) is 0.930. The summed E-state index contributed by atoms with van der Waals surface area (Å²) < 4.78 is 14.6. The fraction of sp³-hybridized carbons (Fsp3) is 1.00. The lowest BCUT2D eigenvalue weighted by molar-refractivity contribution is 0.679. The lowest BCUT2D eigenvalue weighted by atomic mass is 10.8. The second-order valence-corrected chi connectivity index (χ2v) is 4.33. The Morgan fingerprint density at radius 3 is 2.38 bits per heavy atom. The molecule has 0 aliphatic heterocycles. The van der Waals surface area contributed by atoms with Crippen LogP contribution in [0.4, 0.5) is 0 Å². The van der Waals surface area contributed by atoms with Crippen molar-refractivity contribution in [2.75, 3.05) is 25.6 Å². The van der Waals surface area contributed by atoms with E-state index in [-0.39, 0.29) is 0 Å². The van der Waals surface area contributed by atoms with Crippen molar-refractivity contribution in [1.29, 1.82) is 0 Å². The van der Waals surface area contributed by atoms with Crippen molar-refractivity contribution in [3.63, 3.8) is 0 Å². The van der Waals surface area contributed by atoms with E-state index in [9.17, 15) is 4.21 Å². The Balaban J connectivity index is 3.96. The minimum absolute atomic E-state index is 0.451. The summed E-state index contributed by atoms with van der Waals surface area (Å²) in [6, 6.07) is 0. The SMILES string of the molecule is CN=[S@](C)(=O)CCN. The monoisotopic (exact) mass is 136 g/mol. The van der Waals surface area contributed by atoms with Gasteiger partial charge in [-0.3, -0.25) is 4.21 Å². The number of hydrogen-bond acceptors (Lipinski definition) is 3. The Labute approximate surface area is 50.5 Å². The second-order valence-electron chi connectivity index (χ2n) is 1.63. The van der Waals surface area contributed by atoms with Crippen molar-refractivity contribution >= 4 is 9.73 Å². The second kappa shape index (κ2) is 3.04. The van der Waals surface area contributed by atoms with Crippen molar-refractivity contribution in [3.8, 4) is 0 Å². The number of nitrogens with zero attached hydrogens (tertiary/aromatic N) is 1.